The first-order chi connectivity index (χ1) is 11.1. The Hall–Kier alpha value is -2.07. The number of nitrogens with zero attached hydrogens (tertiary/aromatic N) is 2. The van der Waals surface area contributed by atoms with Crippen LogP contribution in [0.2, 0.25) is 5.02 Å². The second-order valence-corrected chi connectivity index (χ2v) is 6.42. The summed E-state index contributed by atoms with van der Waals surface area (Å²) >= 11 is 7.53. The highest BCUT2D eigenvalue weighted by Gasteiger charge is 2.27. The SMILES string of the molecule is [C-]#[N+]c1c(N2CCOCC2)sc(C(N)=O)c1-c1ccccc1Cl. The molecule has 2 heterocycles. The van der Waals surface area contributed by atoms with E-state index < -0.39 is 5.91 Å². The van der Waals surface area contributed by atoms with Gasteiger partial charge < -0.3 is 15.4 Å². The molecule has 1 amide bonds. The highest BCUT2D eigenvalue weighted by Crippen LogP contribution is 2.49. The lowest BCUT2D eigenvalue weighted by atomic mass is 10.0. The first-order valence-corrected chi connectivity index (χ1v) is 8.24. The van der Waals surface area contributed by atoms with Crippen molar-refractivity contribution in [3.05, 3.63) is 45.6 Å². The van der Waals surface area contributed by atoms with Gasteiger partial charge in [-0.3, -0.25) is 4.79 Å². The molecule has 1 aromatic heterocycles. The summed E-state index contributed by atoms with van der Waals surface area (Å²) in [6.07, 6.45) is 0. The largest absolute Gasteiger partial charge is 0.378 e. The smallest absolute Gasteiger partial charge is 0.258 e. The van der Waals surface area contributed by atoms with Gasteiger partial charge in [-0.05, 0) is 11.6 Å². The number of rotatable bonds is 3. The van der Waals surface area contributed by atoms with E-state index in [0.29, 0.717) is 53.0 Å². The van der Waals surface area contributed by atoms with Crippen LogP contribution >= 0.6 is 22.9 Å². The van der Waals surface area contributed by atoms with Crippen molar-refractivity contribution in [3.8, 4) is 11.1 Å². The van der Waals surface area contributed by atoms with Crippen LogP contribution in [0.15, 0.2) is 24.3 Å². The van der Waals surface area contributed by atoms with Crippen molar-refractivity contribution in [1.29, 1.82) is 0 Å². The van der Waals surface area contributed by atoms with Gasteiger partial charge in [0.1, 0.15) is 0 Å². The molecular formula is C16H14ClN3O2S. The summed E-state index contributed by atoms with van der Waals surface area (Å²) in [6, 6.07) is 7.17. The fraction of sp³-hybridized carbons (Fsp3) is 0.250. The normalized spacial score (nSPS) is 14.5. The van der Waals surface area contributed by atoms with Crippen molar-refractivity contribution in [2.45, 2.75) is 0 Å². The Morgan fingerprint density at radius 3 is 2.65 bits per heavy atom. The van der Waals surface area contributed by atoms with Gasteiger partial charge in [0.25, 0.3) is 5.91 Å². The molecule has 1 fully saturated rings. The van der Waals surface area contributed by atoms with E-state index in [9.17, 15) is 4.79 Å². The van der Waals surface area contributed by atoms with Crippen LogP contribution in [-0.4, -0.2) is 32.2 Å². The first-order valence-electron chi connectivity index (χ1n) is 7.05. The van der Waals surface area contributed by atoms with E-state index in [1.807, 2.05) is 12.1 Å². The van der Waals surface area contributed by atoms with Crippen LogP contribution in [-0.2, 0) is 4.74 Å². The third-order valence-corrected chi connectivity index (χ3v) is 5.23. The Labute approximate surface area is 143 Å². The summed E-state index contributed by atoms with van der Waals surface area (Å²) in [5.74, 6) is -0.547. The molecule has 0 atom stereocenters. The molecule has 0 bridgehead atoms. The second kappa shape index (κ2) is 6.59. The van der Waals surface area contributed by atoms with Gasteiger partial charge in [0.15, 0.2) is 0 Å². The third kappa shape index (κ3) is 2.91. The molecule has 0 unspecified atom stereocenters. The van der Waals surface area contributed by atoms with Gasteiger partial charge in [0.05, 0.1) is 29.7 Å². The van der Waals surface area contributed by atoms with E-state index in [1.54, 1.807) is 12.1 Å². The van der Waals surface area contributed by atoms with Crippen LogP contribution in [0.1, 0.15) is 9.67 Å². The summed E-state index contributed by atoms with van der Waals surface area (Å²) in [5, 5.41) is 1.25. The van der Waals surface area contributed by atoms with Crippen LogP contribution in [0.25, 0.3) is 16.0 Å². The number of amides is 1. The number of thiophene rings is 1. The summed E-state index contributed by atoms with van der Waals surface area (Å²) in [7, 11) is 0. The maximum absolute atomic E-state index is 11.9. The quantitative estimate of drug-likeness (QED) is 0.864. The van der Waals surface area contributed by atoms with Crippen molar-refractivity contribution in [2.24, 2.45) is 5.73 Å². The Kier molecular flexibility index (Phi) is 4.53. The number of benzene rings is 1. The number of hydrogen-bond acceptors (Lipinski definition) is 4. The Balaban J connectivity index is 2.21. The second-order valence-electron chi connectivity index (χ2n) is 5.02. The maximum atomic E-state index is 11.9. The van der Waals surface area contributed by atoms with Crippen molar-refractivity contribution >= 4 is 39.5 Å². The lowest BCUT2D eigenvalue weighted by Crippen LogP contribution is -2.35. The Bertz CT molecular complexity index is 791. The molecule has 1 aliphatic heterocycles. The molecule has 23 heavy (non-hydrogen) atoms. The first kappa shape index (κ1) is 15.8. The summed E-state index contributed by atoms with van der Waals surface area (Å²) in [5.41, 5.74) is 7.17. The summed E-state index contributed by atoms with van der Waals surface area (Å²) in [6.45, 7) is 10.2. The number of carbonyl (C=O) groups excluding carboxylic acids is 1. The van der Waals surface area contributed by atoms with Gasteiger partial charge in [-0.15, -0.1) is 11.3 Å². The number of primary amides is 1. The molecule has 5 nitrogen and oxygen atoms in total. The molecule has 7 heteroatoms. The molecule has 0 saturated carbocycles. The minimum atomic E-state index is -0.547. The number of morpholine rings is 1. The van der Waals surface area contributed by atoms with Gasteiger partial charge in [0.2, 0.25) is 5.69 Å². The van der Waals surface area contributed by atoms with Crippen molar-refractivity contribution in [1.82, 2.24) is 0 Å². The molecule has 0 spiro atoms. The van der Waals surface area contributed by atoms with Crippen LogP contribution in [0.5, 0.6) is 0 Å². The number of halogens is 1. The minimum absolute atomic E-state index is 0.366. The lowest BCUT2D eigenvalue weighted by molar-refractivity contribution is 0.100. The molecule has 2 aromatic rings. The molecule has 1 aromatic carbocycles. The van der Waals surface area contributed by atoms with Crippen LogP contribution in [0, 0.1) is 6.57 Å². The van der Waals surface area contributed by atoms with Crippen molar-refractivity contribution < 1.29 is 9.53 Å². The van der Waals surface area contributed by atoms with Gasteiger partial charge >= 0.3 is 0 Å². The Morgan fingerprint density at radius 1 is 1.35 bits per heavy atom. The Morgan fingerprint density at radius 2 is 2.04 bits per heavy atom. The maximum Gasteiger partial charge on any atom is 0.258 e. The van der Waals surface area contributed by atoms with Crippen molar-refractivity contribution in [2.75, 3.05) is 31.2 Å². The third-order valence-electron chi connectivity index (χ3n) is 3.64. The van der Waals surface area contributed by atoms with Crippen molar-refractivity contribution in [3.63, 3.8) is 0 Å². The number of carbonyl (C=O) groups is 1. The highest BCUT2D eigenvalue weighted by molar-refractivity contribution is 7.19. The zero-order chi connectivity index (χ0) is 16.4. The molecule has 118 valence electrons. The minimum Gasteiger partial charge on any atom is -0.378 e. The molecule has 1 aliphatic rings. The van der Waals surface area contributed by atoms with Gasteiger partial charge in [-0.1, -0.05) is 29.8 Å². The summed E-state index contributed by atoms with van der Waals surface area (Å²) in [4.78, 5) is 18.0. The molecular weight excluding hydrogens is 334 g/mol. The molecule has 3 rings (SSSR count). The van der Waals surface area contributed by atoms with E-state index in [4.69, 9.17) is 28.6 Å². The van der Waals surface area contributed by atoms with E-state index in [2.05, 4.69) is 9.74 Å². The zero-order valence-corrected chi connectivity index (χ0v) is 13.8. The molecule has 2 N–H and O–H groups in total. The monoisotopic (exact) mass is 347 g/mol. The topological polar surface area (TPSA) is 59.9 Å². The molecule has 0 radical (unpaired) electrons. The average molecular weight is 348 g/mol. The van der Waals surface area contributed by atoms with E-state index in [0.717, 1.165) is 5.00 Å². The van der Waals surface area contributed by atoms with Gasteiger partial charge in [-0.25, -0.2) is 4.85 Å². The standard InChI is InChI=1S/C16H14ClN3O2S/c1-19-13-12(10-4-2-3-5-11(10)17)14(15(18)21)23-16(13)20-6-8-22-9-7-20/h2-5H,6-9H2,(H2,18,21). The number of ether oxygens (including phenoxy) is 1. The van der Waals surface area contributed by atoms with E-state index >= 15 is 0 Å². The molecule has 0 aliphatic carbocycles. The van der Waals surface area contributed by atoms with Gasteiger partial charge in [-0.2, -0.15) is 0 Å². The highest BCUT2D eigenvalue weighted by atomic mass is 35.5. The fourth-order valence-corrected chi connectivity index (χ4v) is 3.97. The van der Waals surface area contributed by atoms with E-state index in [-0.39, 0.29) is 0 Å². The predicted octanol–water partition coefficient (Wildman–Crippen LogP) is 3.55. The molecule has 1 saturated heterocycles. The fourth-order valence-electron chi connectivity index (χ4n) is 2.58. The number of nitrogens with two attached hydrogens (primary N) is 1. The van der Waals surface area contributed by atoms with Gasteiger partial charge in [0, 0.05) is 23.7 Å². The van der Waals surface area contributed by atoms with Crippen LogP contribution in [0.3, 0.4) is 0 Å². The number of hydrogen-bond donors (Lipinski definition) is 1. The number of anilines is 1. The van der Waals surface area contributed by atoms with Crippen LogP contribution < -0.4 is 10.6 Å². The average Bonchev–Trinajstić information content (AvgIpc) is 2.95. The summed E-state index contributed by atoms with van der Waals surface area (Å²) < 4.78 is 5.36. The lowest BCUT2D eigenvalue weighted by Gasteiger charge is -2.28. The predicted molar refractivity (Wildman–Crippen MR) is 92.6 cm³/mol. The zero-order valence-electron chi connectivity index (χ0n) is 12.2. The van der Waals surface area contributed by atoms with Crippen LogP contribution in [0.4, 0.5) is 10.7 Å². The van der Waals surface area contributed by atoms with E-state index in [1.165, 1.54) is 11.3 Å².